The van der Waals surface area contributed by atoms with Gasteiger partial charge in [-0.05, 0) is 24.7 Å². The highest BCUT2D eigenvalue weighted by atomic mass is 16.4. The smallest absolute Gasteiger partial charge is 0.356 e. The summed E-state index contributed by atoms with van der Waals surface area (Å²) in [5, 5.41) is 8.74. The molecule has 2 heterocycles. The zero-order valence-corrected chi connectivity index (χ0v) is 10.5. The van der Waals surface area contributed by atoms with Crippen LogP contribution in [0.15, 0.2) is 12.4 Å². The van der Waals surface area contributed by atoms with Crippen LogP contribution in [-0.4, -0.2) is 44.9 Å². The van der Waals surface area contributed by atoms with Crippen molar-refractivity contribution in [2.24, 2.45) is 11.8 Å². The molecule has 2 aliphatic rings. The van der Waals surface area contributed by atoms with Crippen LogP contribution in [0.2, 0.25) is 0 Å². The number of carbonyl (C=O) groups is 2. The molecule has 0 bridgehead atoms. The summed E-state index contributed by atoms with van der Waals surface area (Å²) in [5.74, 6) is -0.00792. The van der Waals surface area contributed by atoms with Gasteiger partial charge in [0.1, 0.15) is 5.69 Å². The van der Waals surface area contributed by atoms with Crippen LogP contribution in [0.3, 0.4) is 0 Å². The predicted octanol–water partition coefficient (Wildman–Crippen LogP) is 1.05. The fourth-order valence-corrected chi connectivity index (χ4v) is 3.11. The Bertz CT molecular complexity index is 502. The maximum Gasteiger partial charge on any atom is 0.356 e. The number of carboxylic acids is 1. The lowest BCUT2D eigenvalue weighted by Gasteiger charge is -2.16. The summed E-state index contributed by atoms with van der Waals surface area (Å²) >= 11 is 0. The van der Waals surface area contributed by atoms with Gasteiger partial charge in [-0.25, -0.2) is 14.8 Å². The maximum absolute atomic E-state index is 12.2. The molecule has 1 N–H and O–H groups in total. The highest BCUT2D eigenvalue weighted by Crippen LogP contribution is 2.37. The first-order valence-corrected chi connectivity index (χ1v) is 6.50. The van der Waals surface area contributed by atoms with E-state index in [1.807, 2.05) is 4.90 Å². The summed E-state index contributed by atoms with van der Waals surface area (Å²) in [4.78, 5) is 32.4. The van der Waals surface area contributed by atoms with Gasteiger partial charge in [-0.2, -0.15) is 0 Å². The first kappa shape index (κ1) is 12.1. The Balaban J connectivity index is 1.72. The number of hydrogen-bond acceptors (Lipinski definition) is 4. The Kier molecular flexibility index (Phi) is 2.93. The Labute approximate surface area is 110 Å². The second kappa shape index (κ2) is 4.60. The van der Waals surface area contributed by atoms with Crippen molar-refractivity contribution in [3.05, 3.63) is 23.8 Å². The van der Waals surface area contributed by atoms with Crippen LogP contribution in [-0.2, 0) is 0 Å². The molecule has 6 nitrogen and oxygen atoms in total. The molecule has 19 heavy (non-hydrogen) atoms. The molecule has 100 valence electrons. The van der Waals surface area contributed by atoms with Crippen molar-refractivity contribution in [1.82, 2.24) is 14.9 Å². The average molecular weight is 261 g/mol. The second-order valence-electron chi connectivity index (χ2n) is 5.25. The van der Waals surface area contributed by atoms with Gasteiger partial charge >= 0.3 is 5.97 Å². The molecular weight excluding hydrogens is 246 g/mol. The van der Waals surface area contributed by atoms with E-state index < -0.39 is 5.97 Å². The minimum absolute atomic E-state index is 0.140. The molecule has 0 radical (unpaired) electrons. The summed E-state index contributed by atoms with van der Waals surface area (Å²) in [5.41, 5.74) is 0.0832. The third-order valence-electron chi connectivity index (χ3n) is 4.10. The van der Waals surface area contributed by atoms with E-state index in [9.17, 15) is 9.59 Å². The fourth-order valence-electron chi connectivity index (χ4n) is 3.11. The molecule has 1 aromatic rings. The third kappa shape index (κ3) is 2.18. The van der Waals surface area contributed by atoms with E-state index in [0.29, 0.717) is 11.8 Å². The van der Waals surface area contributed by atoms with E-state index in [1.54, 1.807) is 0 Å². The van der Waals surface area contributed by atoms with Gasteiger partial charge < -0.3 is 10.0 Å². The molecule has 1 saturated heterocycles. The summed E-state index contributed by atoms with van der Waals surface area (Å²) in [6.07, 6.45) is 6.06. The van der Waals surface area contributed by atoms with Crippen LogP contribution < -0.4 is 0 Å². The number of aromatic nitrogens is 2. The monoisotopic (exact) mass is 261 g/mol. The molecule has 3 rings (SSSR count). The standard InChI is InChI=1S/C13H15N3O3/c17-12(10-4-15-11(5-14-10)13(18)19)16-6-8-2-1-3-9(8)7-16/h4-5,8-9H,1-3,6-7H2,(H,18,19). The van der Waals surface area contributed by atoms with E-state index in [4.69, 9.17) is 5.11 Å². The number of nitrogens with zero attached hydrogens (tertiary/aromatic N) is 3. The number of rotatable bonds is 2. The van der Waals surface area contributed by atoms with Crippen LogP contribution in [0.1, 0.15) is 40.2 Å². The summed E-state index contributed by atoms with van der Waals surface area (Å²) in [7, 11) is 0. The van der Waals surface area contributed by atoms with E-state index in [-0.39, 0.29) is 17.3 Å². The minimum Gasteiger partial charge on any atom is -0.476 e. The van der Waals surface area contributed by atoms with Crippen molar-refractivity contribution in [2.75, 3.05) is 13.1 Å². The molecule has 6 heteroatoms. The quantitative estimate of drug-likeness (QED) is 0.860. The number of carbonyl (C=O) groups excluding carboxylic acids is 1. The Morgan fingerprint density at radius 1 is 1.11 bits per heavy atom. The van der Waals surface area contributed by atoms with Crippen molar-refractivity contribution < 1.29 is 14.7 Å². The van der Waals surface area contributed by atoms with Crippen molar-refractivity contribution in [1.29, 1.82) is 0 Å². The molecule has 1 saturated carbocycles. The largest absolute Gasteiger partial charge is 0.476 e. The van der Waals surface area contributed by atoms with Gasteiger partial charge in [-0.15, -0.1) is 0 Å². The molecule has 2 unspecified atom stereocenters. The average Bonchev–Trinajstić information content (AvgIpc) is 2.98. The highest BCUT2D eigenvalue weighted by Gasteiger charge is 2.38. The lowest BCUT2D eigenvalue weighted by atomic mass is 10.0. The molecule has 1 amide bonds. The van der Waals surface area contributed by atoms with Gasteiger partial charge in [0.15, 0.2) is 5.69 Å². The molecule has 0 spiro atoms. The van der Waals surface area contributed by atoms with Crippen LogP contribution in [0.4, 0.5) is 0 Å². The maximum atomic E-state index is 12.2. The topological polar surface area (TPSA) is 83.4 Å². The summed E-state index contributed by atoms with van der Waals surface area (Å²) in [6, 6.07) is 0. The fraction of sp³-hybridized carbons (Fsp3) is 0.538. The van der Waals surface area contributed by atoms with Crippen molar-refractivity contribution in [2.45, 2.75) is 19.3 Å². The van der Waals surface area contributed by atoms with E-state index in [2.05, 4.69) is 9.97 Å². The third-order valence-corrected chi connectivity index (χ3v) is 4.10. The molecule has 1 aliphatic heterocycles. The van der Waals surface area contributed by atoms with Crippen molar-refractivity contribution in [3.8, 4) is 0 Å². The predicted molar refractivity (Wildman–Crippen MR) is 65.7 cm³/mol. The van der Waals surface area contributed by atoms with Gasteiger partial charge in [-0.1, -0.05) is 6.42 Å². The minimum atomic E-state index is -1.14. The molecule has 2 atom stereocenters. The summed E-state index contributed by atoms with van der Waals surface area (Å²) in [6.45, 7) is 1.59. The van der Waals surface area contributed by atoms with Gasteiger partial charge in [0.25, 0.3) is 5.91 Å². The van der Waals surface area contributed by atoms with Crippen LogP contribution >= 0.6 is 0 Å². The number of fused-ring (bicyclic) bond motifs is 1. The number of aromatic carboxylic acids is 1. The first-order valence-electron chi connectivity index (χ1n) is 6.50. The van der Waals surface area contributed by atoms with Gasteiger partial charge in [0.2, 0.25) is 0 Å². The highest BCUT2D eigenvalue weighted by molar-refractivity contribution is 5.93. The molecular formula is C13H15N3O3. The number of hydrogen-bond donors (Lipinski definition) is 1. The Morgan fingerprint density at radius 2 is 1.68 bits per heavy atom. The molecule has 2 fully saturated rings. The zero-order valence-electron chi connectivity index (χ0n) is 10.5. The molecule has 0 aromatic carbocycles. The second-order valence-corrected chi connectivity index (χ2v) is 5.25. The number of amides is 1. The van der Waals surface area contributed by atoms with Gasteiger partial charge in [-0.3, -0.25) is 4.79 Å². The number of likely N-dealkylation sites (tertiary alicyclic amines) is 1. The van der Waals surface area contributed by atoms with E-state index >= 15 is 0 Å². The Hall–Kier alpha value is -1.98. The normalized spacial score (nSPS) is 25.4. The van der Waals surface area contributed by atoms with Crippen molar-refractivity contribution in [3.63, 3.8) is 0 Å². The van der Waals surface area contributed by atoms with E-state index in [1.165, 1.54) is 25.5 Å². The van der Waals surface area contributed by atoms with Crippen LogP contribution in [0, 0.1) is 11.8 Å². The van der Waals surface area contributed by atoms with Gasteiger partial charge in [0, 0.05) is 13.1 Å². The zero-order chi connectivity index (χ0) is 13.4. The van der Waals surface area contributed by atoms with Gasteiger partial charge in [0.05, 0.1) is 12.4 Å². The van der Waals surface area contributed by atoms with Crippen LogP contribution in [0.25, 0.3) is 0 Å². The number of carboxylic acid groups (broad SMARTS) is 1. The lowest BCUT2D eigenvalue weighted by Crippen LogP contribution is -2.30. The lowest BCUT2D eigenvalue weighted by molar-refractivity contribution is 0.0686. The van der Waals surface area contributed by atoms with Crippen LogP contribution in [0.5, 0.6) is 0 Å². The first-order chi connectivity index (χ1) is 9.15. The summed E-state index contributed by atoms with van der Waals surface area (Å²) < 4.78 is 0. The molecule has 1 aromatic heterocycles. The van der Waals surface area contributed by atoms with Crippen molar-refractivity contribution >= 4 is 11.9 Å². The van der Waals surface area contributed by atoms with E-state index in [0.717, 1.165) is 19.3 Å². The molecule has 1 aliphatic carbocycles. The Morgan fingerprint density at radius 3 is 2.21 bits per heavy atom. The SMILES string of the molecule is O=C(O)c1cnc(C(=O)N2CC3CCCC3C2)cn1.